The van der Waals surface area contributed by atoms with E-state index in [9.17, 15) is 20.1 Å². The van der Waals surface area contributed by atoms with Crippen molar-refractivity contribution >= 4 is 12.1 Å². The third-order valence-corrected chi connectivity index (χ3v) is 2.71. The van der Waals surface area contributed by atoms with Gasteiger partial charge in [0.1, 0.15) is 24.4 Å². The van der Waals surface area contributed by atoms with Crippen LogP contribution in [0, 0.1) is 0 Å². The predicted octanol–water partition coefficient (Wildman–Crippen LogP) is -2.16. The zero-order chi connectivity index (χ0) is 15.8. The smallest absolute Gasteiger partial charge is 0.271 e. The third-order valence-electron chi connectivity index (χ3n) is 2.71. The van der Waals surface area contributed by atoms with Crippen molar-refractivity contribution in [2.75, 3.05) is 6.61 Å². The number of aliphatic hydroxyl groups is 5. The van der Waals surface area contributed by atoms with E-state index in [2.05, 4.69) is 10.5 Å². The average Bonchev–Trinajstić information content (AvgIpc) is 2.53. The summed E-state index contributed by atoms with van der Waals surface area (Å²) >= 11 is 0. The van der Waals surface area contributed by atoms with Crippen molar-refractivity contribution in [2.24, 2.45) is 5.10 Å². The van der Waals surface area contributed by atoms with Crippen molar-refractivity contribution in [3.8, 4) is 0 Å². The van der Waals surface area contributed by atoms with E-state index in [-0.39, 0.29) is 0 Å². The predicted molar refractivity (Wildman–Crippen MR) is 73.5 cm³/mol. The van der Waals surface area contributed by atoms with Crippen LogP contribution < -0.4 is 5.43 Å². The topological polar surface area (TPSA) is 143 Å². The minimum atomic E-state index is -1.76. The van der Waals surface area contributed by atoms with Crippen molar-refractivity contribution in [1.29, 1.82) is 0 Å². The molecule has 1 rings (SSSR count). The SMILES string of the molecule is O=C(NN=CC(O)C(O)C(O)C(O)CO)c1ccccc1. The molecule has 1 amide bonds. The van der Waals surface area contributed by atoms with Gasteiger partial charge in [-0.3, -0.25) is 4.79 Å². The molecule has 8 nitrogen and oxygen atoms in total. The van der Waals surface area contributed by atoms with E-state index in [0.717, 1.165) is 6.21 Å². The Morgan fingerprint density at radius 3 is 2.33 bits per heavy atom. The standard InChI is InChI=1S/C13H18N2O6/c16-7-10(18)12(20)11(19)9(17)6-14-15-13(21)8-4-2-1-3-5-8/h1-6,9-12,16-20H,7H2,(H,15,21). The fourth-order valence-corrected chi connectivity index (χ4v) is 1.45. The summed E-state index contributed by atoms with van der Waals surface area (Å²) in [5.74, 6) is -0.510. The summed E-state index contributed by atoms with van der Waals surface area (Å²) in [4.78, 5) is 11.6. The minimum absolute atomic E-state index is 0.362. The molecule has 1 aromatic rings. The molecule has 0 aliphatic heterocycles. The Morgan fingerprint density at radius 2 is 1.76 bits per heavy atom. The number of amides is 1. The Morgan fingerprint density at radius 1 is 1.14 bits per heavy atom. The second-order valence-corrected chi connectivity index (χ2v) is 4.31. The highest BCUT2D eigenvalue weighted by molar-refractivity contribution is 5.94. The normalized spacial score (nSPS) is 17.2. The maximum atomic E-state index is 11.6. The number of hydrogen-bond donors (Lipinski definition) is 6. The average molecular weight is 298 g/mol. The van der Waals surface area contributed by atoms with Gasteiger partial charge in [0.05, 0.1) is 12.8 Å². The van der Waals surface area contributed by atoms with Crippen LogP contribution in [0.5, 0.6) is 0 Å². The van der Waals surface area contributed by atoms with Gasteiger partial charge in [-0.15, -0.1) is 0 Å². The van der Waals surface area contributed by atoms with Gasteiger partial charge in [0.15, 0.2) is 0 Å². The van der Waals surface area contributed by atoms with Crippen molar-refractivity contribution in [3.05, 3.63) is 35.9 Å². The number of carbonyl (C=O) groups is 1. The second-order valence-electron chi connectivity index (χ2n) is 4.31. The first-order valence-electron chi connectivity index (χ1n) is 6.19. The molecular weight excluding hydrogens is 280 g/mol. The number of benzene rings is 1. The van der Waals surface area contributed by atoms with E-state index in [0.29, 0.717) is 5.56 Å². The third kappa shape index (κ3) is 5.21. The number of rotatable bonds is 7. The lowest BCUT2D eigenvalue weighted by atomic mass is 10.0. The largest absolute Gasteiger partial charge is 0.394 e. The van der Waals surface area contributed by atoms with Crippen LogP contribution in [0.2, 0.25) is 0 Å². The van der Waals surface area contributed by atoms with Crippen molar-refractivity contribution in [1.82, 2.24) is 5.43 Å². The van der Waals surface area contributed by atoms with E-state index in [1.54, 1.807) is 30.3 Å². The van der Waals surface area contributed by atoms with E-state index >= 15 is 0 Å². The molecule has 0 aromatic heterocycles. The molecule has 116 valence electrons. The van der Waals surface area contributed by atoms with Gasteiger partial charge in [0, 0.05) is 5.56 Å². The van der Waals surface area contributed by atoms with Crippen molar-refractivity contribution in [2.45, 2.75) is 24.4 Å². The fourth-order valence-electron chi connectivity index (χ4n) is 1.45. The summed E-state index contributed by atoms with van der Waals surface area (Å²) in [7, 11) is 0. The highest BCUT2D eigenvalue weighted by Crippen LogP contribution is 2.03. The maximum absolute atomic E-state index is 11.6. The zero-order valence-electron chi connectivity index (χ0n) is 11.1. The minimum Gasteiger partial charge on any atom is -0.394 e. The summed E-state index contributed by atoms with van der Waals surface area (Å²) in [5, 5.41) is 49.6. The van der Waals surface area contributed by atoms with Gasteiger partial charge in [0.2, 0.25) is 0 Å². The van der Waals surface area contributed by atoms with Gasteiger partial charge in [-0.2, -0.15) is 5.10 Å². The van der Waals surface area contributed by atoms with Crippen LogP contribution >= 0.6 is 0 Å². The molecular formula is C13H18N2O6. The van der Waals surface area contributed by atoms with E-state index < -0.39 is 36.9 Å². The molecule has 0 radical (unpaired) electrons. The van der Waals surface area contributed by atoms with Gasteiger partial charge in [-0.1, -0.05) is 18.2 Å². The van der Waals surface area contributed by atoms with Crippen LogP contribution in [0.4, 0.5) is 0 Å². The zero-order valence-corrected chi connectivity index (χ0v) is 11.1. The highest BCUT2D eigenvalue weighted by atomic mass is 16.4. The number of aliphatic hydroxyl groups excluding tert-OH is 5. The molecule has 8 heteroatoms. The molecule has 0 fully saturated rings. The quantitative estimate of drug-likeness (QED) is 0.250. The lowest BCUT2D eigenvalue weighted by Gasteiger charge is -2.23. The van der Waals surface area contributed by atoms with Gasteiger partial charge < -0.3 is 25.5 Å². The number of nitrogens with one attached hydrogen (secondary N) is 1. The van der Waals surface area contributed by atoms with Crippen LogP contribution in [-0.4, -0.2) is 68.7 Å². The van der Waals surface area contributed by atoms with Crippen LogP contribution in [-0.2, 0) is 0 Å². The van der Waals surface area contributed by atoms with E-state index in [1.165, 1.54) is 0 Å². The number of hydrazone groups is 1. The summed E-state index contributed by atoms with van der Waals surface area (Å²) in [6, 6.07) is 8.22. The Hall–Kier alpha value is -1.84. The highest BCUT2D eigenvalue weighted by Gasteiger charge is 2.29. The molecule has 0 saturated carbocycles. The molecule has 21 heavy (non-hydrogen) atoms. The second kappa shape index (κ2) is 8.45. The van der Waals surface area contributed by atoms with Gasteiger partial charge >= 0.3 is 0 Å². The number of nitrogens with zero attached hydrogens (tertiary/aromatic N) is 1. The first-order chi connectivity index (χ1) is 9.97. The molecule has 1 aromatic carbocycles. The Bertz CT molecular complexity index is 467. The molecule has 4 unspecified atom stereocenters. The molecule has 6 N–H and O–H groups in total. The molecule has 0 heterocycles. The van der Waals surface area contributed by atoms with Crippen LogP contribution in [0.25, 0.3) is 0 Å². The van der Waals surface area contributed by atoms with E-state index in [4.69, 9.17) is 10.2 Å². The van der Waals surface area contributed by atoms with Crippen LogP contribution in [0.15, 0.2) is 35.4 Å². The van der Waals surface area contributed by atoms with Crippen LogP contribution in [0.3, 0.4) is 0 Å². The summed E-state index contributed by atoms with van der Waals surface area (Å²) in [6.45, 7) is -0.771. The molecule has 0 saturated heterocycles. The maximum Gasteiger partial charge on any atom is 0.271 e. The number of carbonyl (C=O) groups excluding carboxylic acids is 1. The summed E-state index contributed by atoms with van der Waals surface area (Å²) in [5.41, 5.74) is 2.49. The van der Waals surface area contributed by atoms with Crippen molar-refractivity contribution in [3.63, 3.8) is 0 Å². The van der Waals surface area contributed by atoms with Gasteiger partial charge in [-0.25, -0.2) is 5.43 Å². The lowest BCUT2D eigenvalue weighted by Crippen LogP contribution is -2.46. The first kappa shape index (κ1) is 17.2. The first-order valence-corrected chi connectivity index (χ1v) is 6.19. The van der Waals surface area contributed by atoms with E-state index in [1.807, 2.05) is 0 Å². The number of hydrogen-bond acceptors (Lipinski definition) is 7. The Kier molecular flexibility index (Phi) is 6.92. The Balaban J connectivity index is 2.51. The van der Waals surface area contributed by atoms with Gasteiger partial charge in [-0.05, 0) is 12.1 Å². The Labute approximate surface area is 121 Å². The van der Waals surface area contributed by atoms with Gasteiger partial charge in [0.25, 0.3) is 5.91 Å². The summed E-state index contributed by atoms with van der Waals surface area (Å²) < 4.78 is 0. The molecule has 0 aliphatic rings. The summed E-state index contributed by atoms with van der Waals surface area (Å²) in [6.07, 6.45) is -5.93. The monoisotopic (exact) mass is 298 g/mol. The van der Waals surface area contributed by atoms with Crippen LogP contribution in [0.1, 0.15) is 10.4 Å². The lowest BCUT2D eigenvalue weighted by molar-refractivity contribution is -0.0999. The molecule has 0 bridgehead atoms. The molecule has 4 atom stereocenters. The van der Waals surface area contributed by atoms with Crippen molar-refractivity contribution < 1.29 is 30.3 Å². The fraction of sp³-hybridized carbons (Fsp3) is 0.385. The molecule has 0 aliphatic carbocycles. The molecule has 0 spiro atoms.